The lowest BCUT2D eigenvalue weighted by atomic mass is 10.2. The highest BCUT2D eigenvalue weighted by atomic mass is 16.1. The maximum absolute atomic E-state index is 11.9. The minimum atomic E-state index is -0.137. The molecular weight excluding hydrogens is 242 g/mol. The molecule has 100 valence electrons. The molecule has 0 aliphatic carbocycles. The second-order valence-electron chi connectivity index (χ2n) is 4.47. The Morgan fingerprint density at radius 3 is 2.89 bits per heavy atom. The smallest absolute Gasteiger partial charge is 0.254 e. The van der Waals surface area contributed by atoms with E-state index in [1.54, 1.807) is 30.3 Å². The molecule has 2 heterocycles. The number of aryl methyl sites for hydroxylation is 1. The molecule has 1 N–H and O–H groups in total. The van der Waals surface area contributed by atoms with Crippen molar-refractivity contribution in [1.29, 1.82) is 0 Å². The van der Waals surface area contributed by atoms with Crippen molar-refractivity contribution < 1.29 is 4.79 Å². The van der Waals surface area contributed by atoms with Crippen LogP contribution in [-0.4, -0.2) is 34.8 Å². The van der Waals surface area contributed by atoms with Gasteiger partial charge in [-0.15, -0.1) is 0 Å². The minimum absolute atomic E-state index is 0.137. The molecule has 0 fully saturated rings. The monoisotopic (exact) mass is 259 g/mol. The van der Waals surface area contributed by atoms with Gasteiger partial charge in [0.2, 0.25) is 0 Å². The maximum Gasteiger partial charge on any atom is 0.254 e. The largest absolute Gasteiger partial charge is 0.362 e. The van der Waals surface area contributed by atoms with Crippen LogP contribution in [0.3, 0.4) is 0 Å². The fraction of sp³-hybridized carbons (Fsp3) is 0.308. The van der Waals surface area contributed by atoms with Gasteiger partial charge >= 0.3 is 0 Å². The van der Waals surface area contributed by atoms with Crippen molar-refractivity contribution in [1.82, 2.24) is 20.1 Å². The summed E-state index contributed by atoms with van der Waals surface area (Å²) < 4.78 is 1.60. The predicted octanol–water partition coefficient (Wildman–Crippen LogP) is 0.811. The van der Waals surface area contributed by atoms with Gasteiger partial charge in [0.05, 0.1) is 11.8 Å². The van der Waals surface area contributed by atoms with E-state index in [4.69, 9.17) is 0 Å². The van der Waals surface area contributed by atoms with E-state index in [0.717, 1.165) is 11.4 Å². The van der Waals surface area contributed by atoms with Crippen LogP contribution >= 0.6 is 0 Å². The van der Waals surface area contributed by atoms with Gasteiger partial charge in [0.25, 0.3) is 5.91 Å². The Kier molecular flexibility index (Phi) is 3.79. The second kappa shape index (κ2) is 5.51. The molecule has 0 saturated heterocycles. The normalized spacial score (nSPS) is 10.3. The van der Waals surface area contributed by atoms with Crippen molar-refractivity contribution in [2.24, 2.45) is 7.05 Å². The summed E-state index contributed by atoms with van der Waals surface area (Å²) in [5.74, 6) is 0.718. The molecule has 19 heavy (non-hydrogen) atoms. The standard InChI is InChI=1S/C13H17N5O/c1-17(2)12-10(5-4-6-14-12)7-15-13(19)11-8-16-18(3)9-11/h4-6,8-9H,7H2,1-3H3,(H,15,19). The van der Waals surface area contributed by atoms with Gasteiger partial charge in [0, 0.05) is 45.6 Å². The van der Waals surface area contributed by atoms with Gasteiger partial charge in [0.1, 0.15) is 5.82 Å². The molecule has 0 aliphatic heterocycles. The van der Waals surface area contributed by atoms with Gasteiger partial charge in [-0.1, -0.05) is 6.07 Å². The Labute approximate surface area is 112 Å². The summed E-state index contributed by atoms with van der Waals surface area (Å²) in [6, 6.07) is 3.81. The first kappa shape index (κ1) is 13.1. The number of nitrogens with zero attached hydrogens (tertiary/aromatic N) is 4. The first-order valence-electron chi connectivity index (χ1n) is 5.96. The molecule has 0 aliphatic rings. The average Bonchev–Trinajstić information content (AvgIpc) is 2.83. The zero-order chi connectivity index (χ0) is 13.8. The van der Waals surface area contributed by atoms with Crippen LogP contribution in [0.5, 0.6) is 0 Å². The van der Waals surface area contributed by atoms with Crippen molar-refractivity contribution in [3.8, 4) is 0 Å². The number of carbonyl (C=O) groups excluding carboxylic acids is 1. The molecular formula is C13H17N5O. The fourth-order valence-electron chi connectivity index (χ4n) is 1.79. The Morgan fingerprint density at radius 2 is 2.26 bits per heavy atom. The number of pyridine rings is 1. The average molecular weight is 259 g/mol. The Bertz CT molecular complexity index is 576. The molecule has 1 amide bonds. The Hall–Kier alpha value is -2.37. The lowest BCUT2D eigenvalue weighted by molar-refractivity contribution is 0.0951. The summed E-state index contributed by atoms with van der Waals surface area (Å²) in [6.07, 6.45) is 4.97. The summed E-state index contributed by atoms with van der Waals surface area (Å²) >= 11 is 0. The van der Waals surface area contributed by atoms with Gasteiger partial charge in [0.15, 0.2) is 0 Å². The molecule has 0 aromatic carbocycles. The summed E-state index contributed by atoms with van der Waals surface area (Å²) in [7, 11) is 5.63. The van der Waals surface area contributed by atoms with E-state index in [1.165, 1.54) is 0 Å². The number of aromatic nitrogens is 3. The first-order valence-corrected chi connectivity index (χ1v) is 5.96. The molecule has 0 spiro atoms. The zero-order valence-electron chi connectivity index (χ0n) is 11.3. The highest BCUT2D eigenvalue weighted by Gasteiger charge is 2.10. The highest BCUT2D eigenvalue weighted by Crippen LogP contribution is 2.14. The number of rotatable bonds is 4. The van der Waals surface area contributed by atoms with E-state index in [9.17, 15) is 4.79 Å². The summed E-state index contributed by atoms with van der Waals surface area (Å²) in [4.78, 5) is 18.1. The van der Waals surface area contributed by atoms with Crippen LogP contribution in [-0.2, 0) is 13.6 Å². The summed E-state index contributed by atoms with van der Waals surface area (Å²) in [6.45, 7) is 0.440. The van der Waals surface area contributed by atoms with Crippen molar-refractivity contribution in [2.75, 3.05) is 19.0 Å². The third-order valence-electron chi connectivity index (χ3n) is 2.70. The summed E-state index contributed by atoms with van der Waals surface area (Å²) in [5, 5.41) is 6.84. The SMILES string of the molecule is CN(C)c1ncccc1CNC(=O)c1cnn(C)c1. The third kappa shape index (κ3) is 3.09. The molecule has 2 aromatic rings. The molecule has 0 bridgehead atoms. The van der Waals surface area contributed by atoms with Gasteiger partial charge in [-0.05, 0) is 6.07 Å². The van der Waals surface area contributed by atoms with Crippen LogP contribution in [0.15, 0.2) is 30.7 Å². The van der Waals surface area contributed by atoms with Crippen molar-refractivity contribution >= 4 is 11.7 Å². The lowest BCUT2D eigenvalue weighted by Gasteiger charge is -2.15. The minimum Gasteiger partial charge on any atom is -0.362 e. The van der Waals surface area contributed by atoms with Gasteiger partial charge in [-0.3, -0.25) is 9.48 Å². The Morgan fingerprint density at radius 1 is 1.47 bits per heavy atom. The molecule has 0 unspecified atom stereocenters. The number of carbonyl (C=O) groups is 1. The van der Waals surface area contributed by atoms with Crippen LogP contribution in [0.25, 0.3) is 0 Å². The first-order chi connectivity index (χ1) is 9.08. The Balaban J connectivity index is 2.05. The maximum atomic E-state index is 11.9. The number of hydrogen-bond donors (Lipinski definition) is 1. The van der Waals surface area contributed by atoms with Crippen molar-refractivity contribution in [3.05, 3.63) is 41.9 Å². The van der Waals surface area contributed by atoms with E-state index in [0.29, 0.717) is 12.1 Å². The molecule has 0 atom stereocenters. The lowest BCUT2D eigenvalue weighted by Crippen LogP contribution is -2.24. The van der Waals surface area contributed by atoms with Gasteiger partial charge in [-0.25, -0.2) is 4.98 Å². The van der Waals surface area contributed by atoms with Crippen LogP contribution < -0.4 is 10.2 Å². The second-order valence-corrected chi connectivity index (χ2v) is 4.47. The molecule has 6 nitrogen and oxygen atoms in total. The van der Waals surface area contributed by atoms with E-state index < -0.39 is 0 Å². The molecule has 2 rings (SSSR count). The topological polar surface area (TPSA) is 63.1 Å². The van der Waals surface area contributed by atoms with Crippen molar-refractivity contribution in [3.63, 3.8) is 0 Å². The van der Waals surface area contributed by atoms with E-state index in [-0.39, 0.29) is 5.91 Å². The van der Waals surface area contributed by atoms with Crippen LogP contribution in [0.1, 0.15) is 15.9 Å². The predicted molar refractivity (Wildman–Crippen MR) is 72.9 cm³/mol. The third-order valence-corrected chi connectivity index (χ3v) is 2.70. The number of anilines is 1. The number of hydrogen-bond acceptors (Lipinski definition) is 4. The van der Waals surface area contributed by atoms with E-state index >= 15 is 0 Å². The number of amides is 1. The van der Waals surface area contributed by atoms with Crippen molar-refractivity contribution in [2.45, 2.75) is 6.54 Å². The fourth-order valence-corrected chi connectivity index (χ4v) is 1.79. The number of nitrogens with one attached hydrogen (secondary N) is 1. The van der Waals surface area contributed by atoms with Gasteiger partial charge in [-0.2, -0.15) is 5.10 Å². The van der Waals surface area contributed by atoms with Crippen LogP contribution in [0.2, 0.25) is 0 Å². The van der Waals surface area contributed by atoms with Crippen LogP contribution in [0.4, 0.5) is 5.82 Å². The summed E-state index contributed by atoms with van der Waals surface area (Å²) in [5.41, 5.74) is 1.53. The quantitative estimate of drug-likeness (QED) is 0.882. The molecule has 2 aromatic heterocycles. The van der Waals surface area contributed by atoms with E-state index in [1.807, 2.05) is 31.1 Å². The molecule has 6 heteroatoms. The van der Waals surface area contributed by atoms with Gasteiger partial charge < -0.3 is 10.2 Å². The highest BCUT2D eigenvalue weighted by molar-refractivity contribution is 5.93. The molecule has 0 radical (unpaired) electrons. The van der Waals surface area contributed by atoms with Crippen LogP contribution in [0, 0.1) is 0 Å². The molecule has 0 saturated carbocycles. The van der Waals surface area contributed by atoms with E-state index in [2.05, 4.69) is 15.4 Å². The zero-order valence-corrected chi connectivity index (χ0v) is 11.3.